The molecule has 0 radical (unpaired) electrons. The van der Waals surface area contributed by atoms with E-state index in [1.165, 1.54) is 0 Å². The maximum Gasteiger partial charge on any atom is 0.305 e. The van der Waals surface area contributed by atoms with Crippen LogP contribution in [0.3, 0.4) is 0 Å². The van der Waals surface area contributed by atoms with E-state index in [4.69, 9.17) is 98.7 Å². The fraction of sp³-hybridized carbons (Fsp3) is 0.709. The van der Waals surface area contributed by atoms with Crippen molar-refractivity contribution in [3.63, 3.8) is 0 Å². The molecule has 0 saturated carbocycles. The molecular weight excluding hydrogens is 1980 g/mol. The standard InChI is InChI=1S/C86H145N21O35S3/c87-11-5-4-9-62-81(122)106-66-57-144-145-58-67(107-83(124)64(46-78(118)119)102-69(109)47-100-79(120)61(103-84(66)125)10-6-12-99-86(89)90)85(126)104-63(45-60-7-2-1-3-8-60)82(123)105-65(56-143-59-77(117)101-62)80(121)98-20-28-134-36-44-138-43-35-133-27-19-97-76(116)55-142-54-75(115)96-18-26-132-34-42-137-41-33-131-25-17-95-74(114)53-141-52-73(113)94-16-24-130-32-40-136-39-31-129-23-15-93-72(112)51-140-50-71(111)92-14-22-128-30-38-135-37-29-127-21-13-91-70(110)49-139-48-68(88)108/h1-3,7-8,61-67H,4-6,9-59,87H2,(H2,88,108)(H,91,110)(H,92,111)(H,93,112)(H,94,113)(H,95,114)(H,96,115)(H,97,116)(H,98,121)(H,100,120)(H,101,117)(H,102,109)(H,103,125)(H,104,126)(H,105,123)(H,106,122)(H,107,124)(H,118,119)(H4,89,90,99)/t61-,62-,63-,64-,65-,66-,67-/m0/s1. The number of carboxylic acids is 1. The zero-order valence-electron chi connectivity index (χ0n) is 81.4. The molecule has 25 N–H and O–H groups in total. The number of primary amides is 1. The number of thioether (sulfide) groups is 1. The summed E-state index contributed by atoms with van der Waals surface area (Å²) in [5.41, 5.74) is 22.2. The number of amides is 17. The Hall–Kier alpha value is -10.7. The highest BCUT2D eigenvalue weighted by atomic mass is 33.1. The molecule has 1 aromatic carbocycles. The molecule has 59 heteroatoms. The Bertz CT molecular complexity index is 3990. The van der Waals surface area contributed by atoms with Crippen LogP contribution in [0.5, 0.6) is 0 Å². The van der Waals surface area contributed by atoms with Gasteiger partial charge in [0.2, 0.25) is 100 Å². The van der Waals surface area contributed by atoms with Crippen molar-refractivity contribution in [1.82, 2.24) is 85.1 Å². The van der Waals surface area contributed by atoms with Crippen molar-refractivity contribution in [2.75, 3.05) is 306 Å². The minimum Gasteiger partial charge on any atom is -0.481 e. The lowest BCUT2D eigenvalue weighted by Crippen LogP contribution is -2.60. The van der Waals surface area contributed by atoms with Crippen LogP contribution in [-0.4, -0.2) is 466 Å². The monoisotopic (exact) mass is 2130 g/mol. The Morgan fingerprint density at radius 3 is 1.05 bits per heavy atom. The van der Waals surface area contributed by atoms with Crippen molar-refractivity contribution >= 4 is 146 Å². The first-order valence-corrected chi connectivity index (χ1v) is 50.6. The van der Waals surface area contributed by atoms with E-state index in [1.807, 2.05) is 0 Å². The number of fused-ring (bicyclic) bond motifs is 5. The van der Waals surface area contributed by atoms with Crippen molar-refractivity contribution in [3.05, 3.63) is 35.9 Å². The second-order valence-electron chi connectivity index (χ2n) is 30.9. The average molecular weight is 2130 g/mol. The molecule has 0 unspecified atom stereocenters. The van der Waals surface area contributed by atoms with Gasteiger partial charge in [-0.3, -0.25) is 91.3 Å². The molecule has 3 rings (SSSR count). The van der Waals surface area contributed by atoms with Crippen LogP contribution in [0.15, 0.2) is 35.3 Å². The number of unbranched alkanes of at least 4 members (excludes halogenated alkanes) is 1. The maximum atomic E-state index is 14.6. The first kappa shape index (κ1) is 128. The van der Waals surface area contributed by atoms with Gasteiger partial charge in [-0.15, -0.1) is 11.8 Å². The molecule has 2 fully saturated rings. The molecule has 1 aromatic rings. The molecule has 2 aliphatic heterocycles. The third-order valence-corrected chi connectivity index (χ3v) is 22.4. The van der Waals surface area contributed by atoms with E-state index in [2.05, 4.69) is 90.1 Å². The predicted molar refractivity (Wildman–Crippen MR) is 520 cm³/mol. The van der Waals surface area contributed by atoms with E-state index < -0.39 is 162 Å². The highest BCUT2D eigenvalue weighted by molar-refractivity contribution is 8.76. The number of carbonyl (C=O) groups excluding carboxylic acids is 17. The number of carbonyl (C=O) groups is 18. The normalized spacial score (nSPS) is 17.4. The topological polar surface area (TPSA) is 784 Å². The summed E-state index contributed by atoms with van der Waals surface area (Å²) in [6.45, 7) is 3.30. The van der Waals surface area contributed by atoms with Crippen LogP contribution in [0.1, 0.15) is 44.1 Å². The summed E-state index contributed by atoms with van der Waals surface area (Å²) in [5.74, 6) is -14.7. The van der Waals surface area contributed by atoms with Crippen molar-refractivity contribution in [2.24, 2.45) is 27.9 Å². The van der Waals surface area contributed by atoms with Crippen LogP contribution < -0.4 is 108 Å². The number of nitrogens with one attached hydrogen (secondary N) is 16. The van der Waals surface area contributed by atoms with E-state index in [-0.39, 0.29) is 305 Å². The number of ether oxygens (including phenoxy) is 16. The van der Waals surface area contributed by atoms with Gasteiger partial charge in [-0.25, -0.2) is 0 Å². The Labute approximate surface area is 851 Å². The van der Waals surface area contributed by atoms with E-state index in [9.17, 15) is 91.4 Å². The highest BCUT2D eigenvalue weighted by Crippen LogP contribution is 2.24. The van der Waals surface area contributed by atoms with Crippen LogP contribution in [0.25, 0.3) is 0 Å². The first-order valence-electron chi connectivity index (χ1n) is 47.0. The fourth-order valence-electron chi connectivity index (χ4n) is 11.8. The van der Waals surface area contributed by atoms with Crippen LogP contribution in [0.2, 0.25) is 0 Å². The summed E-state index contributed by atoms with van der Waals surface area (Å²) < 4.78 is 85.8. The quantitative estimate of drug-likeness (QED) is 0.0125. The minimum atomic E-state index is -1.82. The molecule has 0 spiro atoms. The van der Waals surface area contributed by atoms with Gasteiger partial charge in [-0.2, -0.15) is 0 Å². The number of nitrogens with two attached hydrogens (primary N) is 4. The first-order chi connectivity index (χ1) is 70.1. The summed E-state index contributed by atoms with van der Waals surface area (Å²) in [6, 6.07) is -1.96. The zero-order chi connectivity index (χ0) is 106. The Morgan fingerprint density at radius 1 is 0.352 bits per heavy atom. The van der Waals surface area contributed by atoms with Gasteiger partial charge < -0.3 is 189 Å². The molecule has 2 heterocycles. The molecule has 0 aromatic heterocycles. The number of hydrogen-bond acceptors (Lipinski definition) is 39. The number of benzene rings is 1. The summed E-state index contributed by atoms with van der Waals surface area (Å²) in [7, 11) is 1.86. The summed E-state index contributed by atoms with van der Waals surface area (Å²) in [5, 5.41) is 51.3. The van der Waals surface area contributed by atoms with Gasteiger partial charge in [0.1, 0.15) is 95.1 Å². The Morgan fingerprint density at radius 2 is 0.683 bits per heavy atom. The minimum absolute atomic E-state index is 0.0178. The van der Waals surface area contributed by atoms with Crippen molar-refractivity contribution in [1.29, 1.82) is 0 Å². The molecule has 2 saturated heterocycles. The number of nitrogens with zero attached hydrogens (tertiary/aromatic N) is 1. The molecular formula is C86H145N21O35S3. The predicted octanol–water partition coefficient (Wildman–Crippen LogP) is -11.8. The van der Waals surface area contributed by atoms with Gasteiger partial charge in [-0.1, -0.05) is 51.9 Å². The molecule has 17 amide bonds. The third kappa shape index (κ3) is 71.5. The van der Waals surface area contributed by atoms with E-state index in [0.717, 1.165) is 33.3 Å². The van der Waals surface area contributed by atoms with Gasteiger partial charge in [0, 0.05) is 82.6 Å². The van der Waals surface area contributed by atoms with Gasteiger partial charge in [0.25, 0.3) is 0 Å². The summed E-state index contributed by atoms with van der Waals surface area (Å²) >= 11 is 0.913. The molecule has 822 valence electrons. The van der Waals surface area contributed by atoms with Crippen LogP contribution in [-0.2, 0) is 169 Å². The van der Waals surface area contributed by atoms with E-state index in [1.54, 1.807) is 30.3 Å². The highest BCUT2D eigenvalue weighted by Gasteiger charge is 2.36. The lowest BCUT2D eigenvalue weighted by atomic mass is 10.0. The van der Waals surface area contributed by atoms with Gasteiger partial charge in [0.15, 0.2) is 5.96 Å². The maximum absolute atomic E-state index is 14.6. The lowest BCUT2D eigenvalue weighted by molar-refractivity contribution is -0.141. The van der Waals surface area contributed by atoms with Crippen LogP contribution in [0.4, 0.5) is 0 Å². The number of aliphatic imine (C=N–C) groups is 1. The largest absolute Gasteiger partial charge is 0.481 e. The summed E-state index contributed by atoms with van der Waals surface area (Å²) in [4.78, 5) is 238. The molecule has 7 atom stereocenters. The van der Waals surface area contributed by atoms with E-state index in [0.29, 0.717) is 44.8 Å². The SMILES string of the molecule is NCCCC[C@@H]1NC(=O)CSC[C@@H](C(=O)NCCOCCOCCOCCNC(=O)COCC(=O)NCCOCCOCCOCCNC(=O)COCC(=O)NCCOCCOCCOCCNC(=O)COCC(=O)NCCOCCOCCOCCNC(=O)COCC(N)=O)NC(=O)[C@H](Cc2ccccc2)NC(=O)[C@@H]2CSSC[C@H](NC1=O)C(=O)N[C@@H](CCCN=C(N)N)C(=O)NCC(=O)N[C@@H](CC(=O)O)C(=O)N2. The lowest BCUT2D eigenvalue weighted by Gasteiger charge is -2.27. The summed E-state index contributed by atoms with van der Waals surface area (Å²) in [6.07, 6.45) is -0.302. The number of hydrogen-bond donors (Lipinski definition) is 21. The second-order valence-corrected chi connectivity index (χ2v) is 34.5. The van der Waals surface area contributed by atoms with Crippen molar-refractivity contribution < 1.29 is 167 Å². The number of rotatable bonds is 77. The Balaban J connectivity index is 1.22. The number of aliphatic carboxylic acids is 1. The molecule has 0 aliphatic carbocycles. The van der Waals surface area contributed by atoms with E-state index >= 15 is 0 Å². The van der Waals surface area contributed by atoms with Crippen LogP contribution in [0, 0.1) is 0 Å². The number of guanidine groups is 1. The number of carboxylic acid groups (broad SMARTS) is 1. The molecule has 56 nitrogen and oxygen atoms in total. The zero-order valence-corrected chi connectivity index (χ0v) is 83.9. The van der Waals surface area contributed by atoms with Crippen molar-refractivity contribution in [3.8, 4) is 0 Å². The van der Waals surface area contributed by atoms with Gasteiger partial charge in [-0.05, 0) is 44.2 Å². The second kappa shape index (κ2) is 85.4. The third-order valence-electron chi connectivity index (χ3n) is 18.9. The van der Waals surface area contributed by atoms with Gasteiger partial charge in [0.05, 0.1) is 177 Å². The Kier molecular flexibility index (Phi) is 75.7. The molecule has 145 heavy (non-hydrogen) atoms. The fourth-order valence-corrected chi connectivity index (χ4v) is 15.0. The smallest absolute Gasteiger partial charge is 0.305 e. The molecule has 2 bridgehead atoms. The van der Waals surface area contributed by atoms with Crippen LogP contribution >= 0.6 is 33.3 Å². The molecule has 2 aliphatic rings. The van der Waals surface area contributed by atoms with Gasteiger partial charge >= 0.3 is 5.97 Å². The average Bonchev–Trinajstić information content (AvgIpc) is 1.43. The van der Waals surface area contributed by atoms with Crippen molar-refractivity contribution in [2.45, 2.75) is 87.2 Å².